The minimum absolute atomic E-state index is 0.0168. The second-order valence-corrected chi connectivity index (χ2v) is 6.40. The molecular formula is C20H20FNO4. The van der Waals surface area contributed by atoms with Gasteiger partial charge in [0.05, 0.1) is 24.7 Å². The van der Waals surface area contributed by atoms with Crippen LogP contribution in [-0.4, -0.2) is 47.7 Å². The second kappa shape index (κ2) is 7.66. The molecule has 2 aromatic rings. The van der Waals surface area contributed by atoms with E-state index < -0.39 is 23.8 Å². The quantitative estimate of drug-likeness (QED) is 0.913. The van der Waals surface area contributed by atoms with Gasteiger partial charge in [-0.05, 0) is 30.2 Å². The summed E-state index contributed by atoms with van der Waals surface area (Å²) in [7, 11) is 0. The smallest absolute Gasteiger partial charge is 0.306 e. The summed E-state index contributed by atoms with van der Waals surface area (Å²) in [5.74, 6) is -2.02. The van der Waals surface area contributed by atoms with Crippen molar-refractivity contribution < 1.29 is 23.8 Å². The molecule has 5 nitrogen and oxygen atoms in total. The van der Waals surface area contributed by atoms with Crippen molar-refractivity contribution in [2.75, 3.05) is 19.7 Å². The number of carboxylic acid groups (broad SMARTS) is 1. The van der Waals surface area contributed by atoms with Crippen molar-refractivity contribution in [2.24, 2.45) is 0 Å². The van der Waals surface area contributed by atoms with Gasteiger partial charge in [0.1, 0.15) is 5.82 Å². The number of morpholine rings is 1. The monoisotopic (exact) mass is 357 g/mol. The number of aryl methyl sites for hydroxylation is 1. The molecule has 0 saturated carbocycles. The SMILES string of the molecule is Cc1ccc(-c2ccc(C(=O)N3CCOC(CC(=O)O)C3)c(F)c2)cc1. The van der Waals surface area contributed by atoms with E-state index in [2.05, 4.69) is 0 Å². The highest BCUT2D eigenvalue weighted by molar-refractivity contribution is 5.95. The summed E-state index contributed by atoms with van der Waals surface area (Å²) in [6.45, 7) is 2.68. The number of carbonyl (C=O) groups excluding carboxylic acids is 1. The number of benzene rings is 2. The zero-order chi connectivity index (χ0) is 18.7. The van der Waals surface area contributed by atoms with Crippen molar-refractivity contribution >= 4 is 11.9 Å². The average Bonchev–Trinajstić information content (AvgIpc) is 2.61. The molecule has 1 fully saturated rings. The first-order chi connectivity index (χ1) is 12.4. The van der Waals surface area contributed by atoms with E-state index in [0.29, 0.717) is 12.1 Å². The van der Waals surface area contributed by atoms with Gasteiger partial charge in [-0.15, -0.1) is 0 Å². The summed E-state index contributed by atoms with van der Waals surface area (Å²) >= 11 is 0. The van der Waals surface area contributed by atoms with Gasteiger partial charge >= 0.3 is 5.97 Å². The van der Waals surface area contributed by atoms with Gasteiger partial charge in [-0.25, -0.2) is 4.39 Å². The van der Waals surface area contributed by atoms with Crippen LogP contribution in [0.25, 0.3) is 11.1 Å². The lowest BCUT2D eigenvalue weighted by molar-refractivity contribution is -0.141. The minimum Gasteiger partial charge on any atom is -0.481 e. The number of hydrogen-bond acceptors (Lipinski definition) is 3. The fourth-order valence-corrected chi connectivity index (χ4v) is 3.01. The van der Waals surface area contributed by atoms with Gasteiger partial charge in [0.15, 0.2) is 0 Å². The van der Waals surface area contributed by atoms with Gasteiger partial charge in [-0.3, -0.25) is 9.59 Å². The van der Waals surface area contributed by atoms with Crippen LogP contribution in [0.3, 0.4) is 0 Å². The number of hydrogen-bond donors (Lipinski definition) is 1. The Morgan fingerprint density at radius 1 is 1.19 bits per heavy atom. The van der Waals surface area contributed by atoms with Crippen molar-refractivity contribution in [3.8, 4) is 11.1 Å². The Balaban J connectivity index is 1.77. The molecule has 0 radical (unpaired) electrons. The third-order valence-electron chi connectivity index (χ3n) is 4.41. The van der Waals surface area contributed by atoms with Crippen molar-refractivity contribution in [3.63, 3.8) is 0 Å². The van der Waals surface area contributed by atoms with Crippen molar-refractivity contribution in [3.05, 3.63) is 59.4 Å². The van der Waals surface area contributed by atoms with Crippen LogP contribution in [-0.2, 0) is 9.53 Å². The van der Waals surface area contributed by atoms with Gasteiger partial charge in [-0.1, -0.05) is 35.9 Å². The normalized spacial score (nSPS) is 17.2. The molecule has 1 N–H and O–H groups in total. The Morgan fingerprint density at radius 2 is 1.88 bits per heavy atom. The summed E-state index contributed by atoms with van der Waals surface area (Å²) < 4.78 is 19.9. The Hall–Kier alpha value is -2.73. The van der Waals surface area contributed by atoms with E-state index >= 15 is 0 Å². The van der Waals surface area contributed by atoms with Crippen molar-refractivity contribution in [2.45, 2.75) is 19.4 Å². The molecule has 0 aliphatic carbocycles. The molecule has 0 bridgehead atoms. The van der Waals surface area contributed by atoms with Crippen LogP contribution in [0.5, 0.6) is 0 Å². The highest BCUT2D eigenvalue weighted by Crippen LogP contribution is 2.24. The molecule has 0 spiro atoms. The van der Waals surface area contributed by atoms with Crippen LogP contribution >= 0.6 is 0 Å². The Kier molecular flexibility index (Phi) is 5.32. The predicted octanol–water partition coefficient (Wildman–Crippen LogP) is 3.12. The Labute approximate surface area is 151 Å². The molecule has 1 aliphatic rings. The minimum atomic E-state index is -0.988. The zero-order valence-electron chi connectivity index (χ0n) is 14.4. The van der Waals surface area contributed by atoms with Gasteiger partial charge in [-0.2, -0.15) is 0 Å². The maximum atomic E-state index is 14.6. The fraction of sp³-hybridized carbons (Fsp3) is 0.300. The Bertz CT molecular complexity index is 819. The molecule has 1 unspecified atom stereocenters. The largest absolute Gasteiger partial charge is 0.481 e. The van der Waals surface area contributed by atoms with E-state index in [9.17, 15) is 14.0 Å². The molecule has 2 aromatic carbocycles. The van der Waals surface area contributed by atoms with E-state index in [0.717, 1.165) is 11.1 Å². The molecule has 3 rings (SSSR count). The van der Waals surface area contributed by atoms with E-state index in [1.54, 1.807) is 6.07 Å². The van der Waals surface area contributed by atoms with Crippen LogP contribution < -0.4 is 0 Å². The van der Waals surface area contributed by atoms with Crippen LogP contribution in [0.1, 0.15) is 22.3 Å². The molecule has 1 saturated heterocycles. The van der Waals surface area contributed by atoms with E-state index in [4.69, 9.17) is 9.84 Å². The molecule has 1 heterocycles. The van der Waals surface area contributed by atoms with Gasteiger partial charge in [0.2, 0.25) is 0 Å². The number of nitrogens with zero attached hydrogens (tertiary/aromatic N) is 1. The molecule has 136 valence electrons. The summed E-state index contributed by atoms with van der Waals surface area (Å²) in [6.07, 6.45) is -0.751. The van der Waals surface area contributed by atoms with Crippen LogP contribution in [0.4, 0.5) is 4.39 Å². The fourth-order valence-electron chi connectivity index (χ4n) is 3.01. The number of amides is 1. The van der Waals surface area contributed by atoms with Crippen LogP contribution in [0, 0.1) is 12.7 Å². The first kappa shape index (κ1) is 18.1. The highest BCUT2D eigenvalue weighted by atomic mass is 19.1. The summed E-state index contributed by atoms with van der Waals surface area (Å²) in [5.41, 5.74) is 2.67. The van der Waals surface area contributed by atoms with E-state index in [1.165, 1.54) is 17.0 Å². The standard InChI is InChI=1S/C20H20FNO4/c1-13-2-4-14(5-3-13)15-6-7-17(18(21)10-15)20(25)22-8-9-26-16(12-22)11-19(23)24/h2-7,10,16H,8-9,11-12H2,1H3,(H,23,24). The lowest BCUT2D eigenvalue weighted by Gasteiger charge is -2.32. The molecule has 26 heavy (non-hydrogen) atoms. The topological polar surface area (TPSA) is 66.8 Å². The zero-order valence-corrected chi connectivity index (χ0v) is 14.4. The first-order valence-electron chi connectivity index (χ1n) is 8.43. The number of ether oxygens (including phenoxy) is 1. The second-order valence-electron chi connectivity index (χ2n) is 6.40. The van der Waals surface area contributed by atoms with Crippen molar-refractivity contribution in [1.82, 2.24) is 4.90 Å². The Morgan fingerprint density at radius 3 is 2.54 bits per heavy atom. The number of halogens is 1. The van der Waals surface area contributed by atoms with Crippen molar-refractivity contribution in [1.29, 1.82) is 0 Å². The van der Waals surface area contributed by atoms with Gasteiger partial charge < -0.3 is 14.7 Å². The van der Waals surface area contributed by atoms with Gasteiger partial charge in [0.25, 0.3) is 5.91 Å². The predicted molar refractivity (Wildman–Crippen MR) is 94.5 cm³/mol. The first-order valence-corrected chi connectivity index (χ1v) is 8.43. The third kappa shape index (κ3) is 4.08. The molecule has 1 amide bonds. The van der Waals surface area contributed by atoms with E-state index in [-0.39, 0.29) is 25.1 Å². The maximum Gasteiger partial charge on any atom is 0.306 e. The number of carboxylic acids is 1. The highest BCUT2D eigenvalue weighted by Gasteiger charge is 2.28. The number of aliphatic carboxylic acids is 1. The lowest BCUT2D eigenvalue weighted by Crippen LogP contribution is -2.46. The summed E-state index contributed by atoms with van der Waals surface area (Å²) in [5, 5.41) is 8.86. The number of rotatable bonds is 4. The molecular weight excluding hydrogens is 337 g/mol. The summed E-state index contributed by atoms with van der Waals surface area (Å²) in [4.78, 5) is 24.9. The maximum absolute atomic E-state index is 14.6. The average molecular weight is 357 g/mol. The molecule has 1 atom stereocenters. The number of carbonyl (C=O) groups is 2. The molecule has 0 aromatic heterocycles. The van der Waals surface area contributed by atoms with Crippen LogP contribution in [0.15, 0.2) is 42.5 Å². The lowest BCUT2D eigenvalue weighted by atomic mass is 10.0. The molecule has 6 heteroatoms. The van der Waals surface area contributed by atoms with Gasteiger partial charge in [0, 0.05) is 13.1 Å². The summed E-state index contributed by atoms with van der Waals surface area (Å²) in [6, 6.07) is 12.3. The molecule has 1 aliphatic heterocycles. The van der Waals surface area contributed by atoms with E-state index in [1.807, 2.05) is 31.2 Å². The third-order valence-corrected chi connectivity index (χ3v) is 4.41. The van der Waals surface area contributed by atoms with Crippen LogP contribution in [0.2, 0.25) is 0 Å².